The van der Waals surface area contributed by atoms with Crippen LogP contribution < -0.4 is 16.0 Å². The van der Waals surface area contributed by atoms with E-state index in [4.69, 9.17) is 9.47 Å². The van der Waals surface area contributed by atoms with Gasteiger partial charge in [-0.3, -0.25) is 9.59 Å². The van der Waals surface area contributed by atoms with Gasteiger partial charge in [0.05, 0.1) is 37.1 Å². The van der Waals surface area contributed by atoms with Gasteiger partial charge in [0.25, 0.3) is 5.91 Å². The number of carbonyl (C=O) groups excluding carboxylic acids is 3. The van der Waals surface area contributed by atoms with Gasteiger partial charge in [0, 0.05) is 19.3 Å². The van der Waals surface area contributed by atoms with Gasteiger partial charge in [-0.15, -0.1) is 0 Å². The minimum atomic E-state index is -0.540. The van der Waals surface area contributed by atoms with Gasteiger partial charge in [0.2, 0.25) is 5.91 Å². The maximum absolute atomic E-state index is 12.3. The molecule has 28 heavy (non-hydrogen) atoms. The monoisotopic (exact) mass is 385 g/mol. The van der Waals surface area contributed by atoms with Crippen molar-refractivity contribution < 1.29 is 23.9 Å². The maximum Gasteiger partial charge on any atom is 0.339 e. The molecular formula is C20H23N3O5. The Morgan fingerprint density at radius 3 is 2.21 bits per heavy atom. The lowest BCUT2D eigenvalue weighted by Gasteiger charge is -2.13. The first-order valence-electron chi connectivity index (χ1n) is 8.64. The van der Waals surface area contributed by atoms with Gasteiger partial charge in [-0.1, -0.05) is 24.3 Å². The molecule has 0 saturated heterocycles. The van der Waals surface area contributed by atoms with Crippen LogP contribution in [0.3, 0.4) is 0 Å². The van der Waals surface area contributed by atoms with Crippen molar-refractivity contribution in [3.63, 3.8) is 0 Å². The topological polar surface area (TPSA) is 106 Å². The second kappa shape index (κ2) is 10.7. The van der Waals surface area contributed by atoms with Crippen molar-refractivity contribution in [3.8, 4) is 0 Å². The number of nitrogens with one attached hydrogen (secondary N) is 3. The lowest BCUT2D eigenvalue weighted by atomic mass is 10.1. The predicted molar refractivity (Wildman–Crippen MR) is 106 cm³/mol. The molecule has 0 bridgehead atoms. The van der Waals surface area contributed by atoms with Crippen LogP contribution in [0.2, 0.25) is 0 Å². The van der Waals surface area contributed by atoms with Crippen molar-refractivity contribution in [2.45, 2.75) is 0 Å². The quantitative estimate of drug-likeness (QED) is 0.450. The van der Waals surface area contributed by atoms with Crippen LogP contribution in [0, 0.1) is 0 Å². The fraction of sp³-hybridized carbons (Fsp3) is 0.250. The molecule has 0 aromatic heterocycles. The average Bonchev–Trinajstić information content (AvgIpc) is 2.72. The minimum absolute atomic E-state index is 0.0854. The van der Waals surface area contributed by atoms with Crippen LogP contribution in [0.15, 0.2) is 48.5 Å². The Morgan fingerprint density at radius 2 is 1.54 bits per heavy atom. The molecule has 2 amide bonds. The van der Waals surface area contributed by atoms with Crippen LogP contribution in [-0.4, -0.2) is 51.7 Å². The van der Waals surface area contributed by atoms with Gasteiger partial charge in [0.15, 0.2) is 0 Å². The second-order valence-corrected chi connectivity index (χ2v) is 5.73. The van der Waals surface area contributed by atoms with Crippen molar-refractivity contribution in [1.29, 1.82) is 0 Å². The minimum Gasteiger partial charge on any atom is -0.465 e. The number of benzene rings is 2. The highest BCUT2D eigenvalue weighted by Crippen LogP contribution is 2.17. The number of anilines is 2. The first-order chi connectivity index (χ1) is 13.6. The summed E-state index contributed by atoms with van der Waals surface area (Å²) in [7, 11) is 2.83. The van der Waals surface area contributed by atoms with E-state index < -0.39 is 5.97 Å². The molecule has 8 heteroatoms. The molecule has 0 saturated carbocycles. The van der Waals surface area contributed by atoms with Gasteiger partial charge in [-0.2, -0.15) is 0 Å². The third-order valence-corrected chi connectivity index (χ3v) is 3.81. The molecule has 0 spiro atoms. The molecule has 0 aliphatic rings. The lowest BCUT2D eigenvalue weighted by Crippen LogP contribution is -2.28. The van der Waals surface area contributed by atoms with Crippen molar-refractivity contribution in [2.24, 2.45) is 0 Å². The zero-order valence-corrected chi connectivity index (χ0v) is 15.8. The first kappa shape index (κ1) is 20.9. The van der Waals surface area contributed by atoms with E-state index in [1.807, 2.05) is 0 Å². The average molecular weight is 385 g/mol. The van der Waals surface area contributed by atoms with E-state index in [0.29, 0.717) is 30.1 Å². The zero-order chi connectivity index (χ0) is 20.4. The normalized spacial score (nSPS) is 10.1. The Morgan fingerprint density at radius 1 is 0.893 bits per heavy atom. The number of amides is 2. The molecule has 0 fully saturated rings. The van der Waals surface area contributed by atoms with Crippen molar-refractivity contribution in [2.75, 3.05) is 44.5 Å². The van der Waals surface area contributed by atoms with Crippen LogP contribution in [0.5, 0.6) is 0 Å². The molecule has 8 nitrogen and oxygen atoms in total. The standard InChI is InChI=1S/C20H23N3O5/c1-27-12-11-21-19(25)14-7-3-5-9-16(14)22-13-18(24)23-17-10-6-4-8-15(17)20(26)28-2/h3-10,22H,11-13H2,1-2H3,(H,21,25)(H,23,24). The second-order valence-electron chi connectivity index (χ2n) is 5.73. The van der Waals surface area contributed by atoms with Crippen LogP contribution in [0.1, 0.15) is 20.7 Å². The summed E-state index contributed by atoms with van der Waals surface area (Å²) in [6, 6.07) is 13.4. The Kier molecular flexibility index (Phi) is 7.98. The van der Waals surface area contributed by atoms with Crippen LogP contribution >= 0.6 is 0 Å². The van der Waals surface area contributed by atoms with Gasteiger partial charge < -0.3 is 25.4 Å². The summed E-state index contributed by atoms with van der Waals surface area (Å²) >= 11 is 0. The Balaban J connectivity index is 2.00. The number of methoxy groups -OCH3 is 2. The SMILES string of the molecule is COCCNC(=O)c1ccccc1NCC(=O)Nc1ccccc1C(=O)OC. The summed E-state index contributed by atoms with van der Waals surface area (Å²) in [4.78, 5) is 36.3. The first-order valence-corrected chi connectivity index (χ1v) is 8.64. The highest BCUT2D eigenvalue weighted by molar-refractivity contribution is 6.03. The zero-order valence-electron chi connectivity index (χ0n) is 15.8. The number of hydrogen-bond donors (Lipinski definition) is 3. The summed E-state index contributed by atoms with van der Waals surface area (Å²) in [5, 5.41) is 8.35. The van der Waals surface area contributed by atoms with Gasteiger partial charge >= 0.3 is 5.97 Å². The number of hydrogen-bond acceptors (Lipinski definition) is 6. The molecule has 3 N–H and O–H groups in total. The molecule has 0 aliphatic carbocycles. The Labute approximate surface area is 163 Å². The fourth-order valence-corrected chi connectivity index (χ4v) is 2.45. The van der Waals surface area contributed by atoms with Gasteiger partial charge in [-0.05, 0) is 24.3 Å². The molecule has 0 unspecified atom stereocenters. The molecule has 0 aliphatic heterocycles. The van der Waals surface area contributed by atoms with Crippen LogP contribution in [0.25, 0.3) is 0 Å². The smallest absolute Gasteiger partial charge is 0.339 e. The molecule has 0 atom stereocenters. The Hall–Kier alpha value is -3.39. The highest BCUT2D eigenvalue weighted by atomic mass is 16.5. The lowest BCUT2D eigenvalue weighted by molar-refractivity contribution is -0.114. The third kappa shape index (κ3) is 5.82. The number of ether oxygens (including phenoxy) is 2. The number of carbonyl (C=O) groups is 3. The molecule has 2 aromatic carbocycles. The molecular weight excluding hydrogens is 362 g/mol. The van der Waals surface area contributed by atoms with E-state index in [1.54, 1.807) is 55.6 Å². The summed E-state index contributed by atoms with van der Waals surface area (Å²) in [6.07, 6.45) is 0. The number of rotatable bonds is 9. The molecule has 2 rings (SSSR count). The van der Waals surface area contributed by atoms with Gasteiger partial charge in [-0.25, -0.2) is 4.79 Å². The van der Waals surface area contributed by atoms with E-state index >= 15 is 0 Å². The summed E-state index contributed by atoms with van der Waals surface area (Å²) in [5.41, 5.74) is 1.55. The largest absolute Gasteiger partial charge is 0.465 e. The summed E-state index contributed by atoms with van der Waals surface area (Å²) in [5.74, 6) is -1.18. The van der Waals surface area contributed by atoms with Crippen molar-refractivity contribution in [3.05, 3.63) is 59.7 Å². The highest BCUT2D eigenvalue weighted by Gasteiger charge is 2.14. The summed E-state index contributed by atoms with van der Waals surface area (Å²) in [6.45, 7) is 0.704. The van der Waals surface area contributed by atoms with E-state index in [-0.39, 0.29) is 23.9 Å². The van der Waals surface area contributed by atoms with E-state index in [2.05, 4.69) is 16.0 Å². The van der Waals surface area contributed by atoms with Crippen LogP contribution in [0.4, 0.5) is 11.4 Å². The molecule has 2 aromatic rings. The van der Waals surface area contributed by atoms with Gasteiger partial charge in [0.1, 0.15) is 0 Å². The molecule has 0 heterocycles. The molecule has 0 radical (unpaired) electrons. The maximum atomic E-state index is 12.3. The number of para-hydroxylation sites is 2. The van der Waals surface area contributed by atoms with Crippen molar-refractivity contribution >= 4 is 29.2 Å². The van der Waals surface area contributed by atoms with Crippen molar-refractivity contribution in [1.82, 2.24) is 5.32 Å². The van der Waals surface area contributed by atoms with E-state index in [0.717, 1.165) is 0 Å². The fourth-order valence-electron chi connectivity index (χ4n) is 2.45. The van der Waals surface area contributed by atoms with E-state index in [9.17, 15) is 14.4 Å². The van der Waals surface area contributed by atoms with Crippen LogP contribution in [-0.2, 0) is 14.3 Å². The third-order valence-electron chi connectivity index (χ3n) is 3.81. The summed E-state index contributed by atoms with van der Waals surface area (Å²) < 4.78 is 9.62. The van der Waals surface area contributed by atoms with E-state index in [1.165, 1.54) is 7.11 Å². The molecule has 148 valence electrons. The Bertz CT molecular complexity index is 838. The predicted octanol–water partition coefficient (Wildman–Crippen LogP) is 1.90. The number of esters is 1.